The van der Waals surface area contributed by atoms with Gasteiger partial charge in [-0.2, -0.15) is 0 Å². The van der Waals surface area contributed by atoms with E-state index in [1.165, 1.54) is 128 Å². The Hall–Kier alpha value is -6.46. The quantitative estimate of drug-likeness (QED) is 0.164. The molecule has 0 bridgehead atoms. The maximum Gasteiger partial charge on any atom is 0.252 e. The highest BCUT2D eigenvalue weighted by molar-refractivity contribution is 7.00. The molecule has 294 valence electrons. The van der Waals surface area contributed by atoms with E-state index in [0.29, 0.717) is 0 Å². The van der Waals surface area contributed by atoms with E-state index >= 15 is 0 Å². The molecule has 0 saturated carbocycles. The van der Waals surface area contributed by atoms with Gasteiger partial charge in [-0.05, 0) is 137 Å². The van der Waals surface area contributed by atoms with Gasteiger partial charge in [-0.1, -0.05) is 130 Å². The third-order valence-electron chi connectivity index (χ3n) is 15.2. The first-order chi connectivity index (χ1) is 29.3. The second kappa shape index (κ2) is 11.3. The number of hydrogen-bond acceptors (Lipinski definition) is 2. The zero-order valence-electron chi connectivity index (χ0n) is 36.7. The number of fused-ring (bicyclic) bond motifs is 12. The lowest BCUT2D eigenvalue weighted by atomic mass is 9.34. The summed E-state index contributed by atoms with van der Waals surface area (Å²) in [7, 11) is 0. The molecule has 4 heterocycles. The standard InChI is InChI=1S/C56H47BN4/c1-28-22-30(3)44(31(4)23-28)53-58-49-46-36(34-16-11-13-18-38(34)55(46,7)8)26-40-51(49)60(53)42-20-15-21-43-48(42)57(40)41-27-37-35-17-12-14-19-39(35)56(9,10)47(37)50-52(41)61(43)54(59-50)45-32(5)24-29(2)25-33(45)6/h11-27H,1-10H3. The summed E-state index contributed by atoms with van der Waals surface area (Å²) in [5, 5.41) is 0. The van der Waals surface area contributed by atoms with Crippen molar-refractivity contribution in [1.29, 1.82) is 0 Å². The topological polar surface area (TPSA) is 35.6 Å². The Morgan fingerprint density at radius 1 is 0.459 bits per heavy atom. The molecule has 9 aromatic rings. The zero-order valence-corrected chi connectivity index (χ0v) is 36.7. The lowest BCUT2D eigenvalue weighted by Gasteiger charge is -2.35. The van der Waals surface area contributed by atoms with E-state index in [0.717, 1.165) is 22.7 Å². The number of benzene rings is 7. The number of aromatic nitrogens is 4. The average molecular weight is 787 g/mol. The molecule has 61 heavy (non-hydrogen) atoms. The van der Waals surface area contributed by atoms with Crippen LogP contribution in [-0.4, -0.2) is 25.8 Å². The van der Waals surface area contributed by atoms with Crippen molar-refractivity contribution in [1.82, 2.24) is 19.1 Å². The maximum absolute atomic E-state index is 5.91. The van der Waals surface area contributed by atoms with Crippen LogP contribution < -0.4 is 16.4 Å². The van der Waals surface area contributed by atoms with Crippen LogP contribution in [0, 0.1) is 41.5 Å². The third kappa shape index (κ3) is 4.13. The average Bonchev–Trinajstić information content (AvgIpc) is 3.91. The maximum atomic E-state index is 5.91. The number of nitrogens with zero attached hydrogens (tertiary/aromatic N) is 4. The number of rotatable bonds is 2. The fourth-order valence-corrected chi connectivity index (χ4v) is 13.1. The van der Waals surface area contributed by atoms with E-state index in [2.05, 4.69) is 181 Å². The molecule has 0 saturated heterocycles. The summed E-state index contributed by atoms with van der Waals surface area (Å²) in [5.74, 6) is 2.05. The van der Waals surface area contributed by atoms with E-state index in [1.54, 1.807) is 0 Å². The molecule has 0 atom stereocenters. The molecule has 7 aromatic carbocycles. The van der Waals surface area contributed by atoms with Crippen LogP contribution in [0.4, 0.5) is 0 Å². The van der Waals surface area contributed by atoms with Crippen LogP contribution in [0.5, 0.6) is 0 Å². The van der Waals surface area contributed by atoms with Gasteiger partial charge in [0.2, 0.25) is 0 Å². The van der Waals surface area contributed by atoms with Gasteiger partial charge in [-0.15, -0.1) is 0 Å². The van der Waals surface area contributed by atoms with Crippen LogP contribution >= 0.6 is 0 Å². The Morgan fingerprint density at radius 3 is 1.26 bits per heavy atom. The van der Waals surface area contributed by atoms with Gasteiger partial charge >= 0.3 is 0 Å². The molecule has 0 N–H and O–H groups in total. The minimum atomic E-state index is -0.222. The molecule has 13 rings (SSSR count). The van der Waals surface area contributed by atoms with Gasteiger partial charge in [0.25, 0.3) is 6.71 Å². The molecular weight excluding hydrogens is 739 g/mol. The summed E-state index contributed by atoms with van der Waals surface area (Å²) in [6.07, 6.45) is 0. The van der Waals surface area contributed by atoms with Crippen LogP contribution in [0.3, 0.4) is 0 Å². The molecule has 0 fully saturated rings. The van der Waals surface area contributed by atoms with Crippen molar-refractivity contribution in [3.8, 4) is 56.4 Å². The monoisotopic (exact) mass is 786 g/mol. The number of imidazole rings is 2. The highest BCUT2D eigenvalue weighted by Crippen LogP contribution is 2.54. The lowest BCUT2D eigenvalue weighted by molar-refractivity contribution is 0.665. The van der Waals surface area contributed by atoms with Gasteiger partial charge < -0.3 is 0 Å². The molecule has 0 radical (unpaired) electrons. The summed E-state index contributed by atoms with van der Waals surface area (Å²) < 4.78 is 5.11. The minimum absolute atomic E-state index is 0.0342. The SMILES string of the molecule is Cc1cc(C)c(-c2nc3c4c(cc5c3n2-c2cccc3c2B5c2cc5c(c6nc(-c7c(C)cc(C)cc7C)n-3c26)C(C)(C)c2ccccc2-5)-c2ccccc2C4(C)C)c(C)c1. The highest BCUT2D eigenvalue weighted by atomic mass is 15.1. The molecule has 0 spiro atoms. The van der Waals surface area contributed by atoms with Gasteiger partial charge in [0.15, 0.2) is 0 Å². The predicted molar refractivity (Wildman–Crippen MR) is 255 cm³/mol. The van der Waals surface area contributed by atoms with Gasteiger partial charge in [0, 0.05) is 33.3 Å². The molecule has 5 heteroatoms. The van der Waals surface area contributed by atoms with Crippen LogP contribution in [0.25, 0.3) is 78.5 Å². The summed E-state index contributed by atoms with van der Waals surface area (Å²) in [5.41, 5.74) is 31.3. The molecule has 4 aliphatic rings. The minimum Gasteiger partial charge on any atom is -0.293 e. The lowest BCUT2D eigenvalue weighted by Crippen LogP contribution is -2.59. The number of aryl methyl sites for hydroxylation is 6. The van der Waals surface area contributed by atoms with Crippen molar-refractivity contribution < 1.29 is 0 Å². The van der Waals surface area contributed by atoms with Crippen molar-refractivity contribution in [3.05, 3.63) is 159 Å². The molecule has 2 aromatic heterocycles. The fraction of sp³-hybridized carbons (Fsp3) is 0.214. The Labute approximate surface area is 358 Å². The molecule has 0 unspecified atom stereocenters. The normalized spacial score (nSPS) is 15.3. The van der Waals surface area contributed by atoms with E-state index in [4.69, 9.17) is 9.97 Å². The Bertz CT molecular complexity index is 3280. The van der Waals surface area contributed by atoms with E-state index in [1.807, 2.05) is 0 Å². The predicted octanol–water partition coefficient (Wildman–Crippen LogP) is 11.3. The molecule has 2 aliphatic heterocycles. The summed E-state index contributed by atoms with van der Waals surface area (Å²) >= 11 is 0. The van der Waals surface area contributed by atoms with Crippen molar-refractivity contribution in [2.24, 2.45) is 0 Å². The first-order valence-corrected chi connectivity index (χ1v) is 22.0. The van der Waals surface area contributed by atoms with E-state index < -0.39 is 0 Å². The number of hydrogen-bond donors (Lipinski definition) is 0. The first-order valence-electron chi connectivity index (χ1n) is 22.0. The van der Waals surface area contributed by atoms with Gasteiger partial charge in [0.1, 0.15) is 11.6 Å². The smallest absolute Gasteiger partial charge is 0.252 e. The molecule has 4 nitrogen and oxygen atoms in total. The zero-order chi connectivity index (χ0) is 41.8. The summed E-state index contributed by atoms with van der Waals surface area (Å²) in [6, 6.07) is 39.6. The van der Waals surface area contributed by atoms with Gasteiger partial charge in [-0.25, -0.2) is 9.97 Å². The first kappa shape index (κ1) is 35.3. The molecule has 2 aliphatic carbocycles. The molecule has 0 amide bonds. The highest BCUT2D eigenvalue weighted by Gasteiger charge is 2.48. The Kier molecular flexibility index (Phi) is 6.52. The van der Waals surface area contributed by atoms with Crippen LogP contribution in [0.15, 0.2) is 103 Å². The van der Waals surface area contributed by atoms with Crippen LogP contribution in [-0.2, 0) is 10.8 Å². The molecular formula is C56H47BN4. The van der Waals surface area contributed by atoms with Crippen molar-refractivity contribution in [2.75, 3.05) is 0 Å². The largest absolute Gasteiger partial charge is 0.293 e. The van der Waals surface area contributed by atoms with E-state index in [-0.39, 0.29) is 17.5 Å². The third-order valence-corrected chi connectivity index (χ3v) is 15.2. The second-order valence-corrected chi connectivity index (χ2v) is 19.7. The Balaban J connectivity index is 1.25. The fourth-order valence-electron chi connectivity index (χ4n) is 13.1. The summed E-state index contributed by atoms with van der Waals surface area (Å²) in [6.45, 7) is 23.0. The van der Waals surface area contributed by atoms with Crippen molar-refractivity contribution in [3.63, 3.8) is 0 Å². The van der Waals surface area contributed by atoms with Crippen LogP contribution in [0.1, 0.15) is 83.3 Å². The van der Waals surface area contributed by atoms with E-state index in [9.17, 15) is 0 Å². The summed E-state index contributed by atoms with van der Waals surface area (Å²) in [4.78, 5) is 11.8. The Morgan fingerprint density at radius 2 is 0.852 bits per heavy atom. The van der Waals surface area contributed by atoms with Crippen molar-refractivity contribution in [2.45, 2.75) is 80.1 Å². The van der Waals surface area contributed by atoms with Crippen LogP contribution in [0.2, 0.25) is 0 Å². The van der Waals surface area contributed by atoms with Crippen molar-refractivity contribution >= 4 is 45.2 Å². The second-order valence-electron chi connectivity index (χ2n) is 19.7. The van der Waals surface area contributed by atoms with Gasteiger partial charge in [0.05, 0.1) is 22.1 Å². The van der Waals surface area contributed by atoms with Gasteiger partial charge in [-0.3, -0.25) is 9.13 Å².